The van der Waals surface area contributed by atoms with E-state index in [-0.39, 0.29) is 5.41 Å². The van der Waals surface area contributed by atoms with Crippen LogP contribution in [0, 0.1) is 11.8 Å². The van der Waals surface area contributed by atoms with Gasteiger partial charge in [0.1, 0.15) is 5.82 Å². The summed E-state index contributed by atoms with van der Waals surface area (Å²) in [6.45, 7) is 10.2. The molecule has 0 spiro atoms. The summed E-state index contributed by atoms with van der Waals surface area (Å²) in [5, 5.41) is 0. The second-order valence-corrected chi connectivity index (χ2v) is 13.1. The predicted molar refractivity (Wildman–Crippen MR) is 139 cm³/mol. The smallest absolute Gasteiger partial charge is 0.243 e. The van der Waals surface area contributed by atoms with Crippen LogP contribution in [0.5, 0.6) is 0 Å². The number of ether oxygens (including phenoxy) is 1. The van der Waals surface area contributed by atoms with Crippen LogP contribution in [0.3, 0.4) is 0 Å². The Kier molecular flexibility index (Phi) is 6.77. The fourth-order valence-electron chi connectivity index (χ4n) is 5.49. The van der Waals surface area contributed by atoms with Gasteiger partial charge in [0.05, 0.1) is 15.9 Å². The highest BCUT2D eigenvalue weighted by Gasteiger charge is 2.33. The van der Waals surface area contributed by atoms with Crippen LogP contribution in [0.2, 0.25) is 0 Å². The topological polar surface area (TPSA) is 64.4 Å². The predicted octanol–water partition coefficient (Wildman–Crippen LogP) is 5.01. The lowest BCUT2D eigenvalue weighted by atomic mass is 9.94. The van der Waals surface area contributed by atoms with Crippen LogP contribution in [-0.4, -0.2) is 48.6 Å². The molecule has 6 nitrogen and oxygen atoms in total. The molecule has 0 saturated carbocycles. The Morgan fingerprint density at radius 1 is 1.00 bits per heavy atom. The van der Waals surface area contributed by atoms with Gasteiger partial charge in [-0.1, -0.05) is 51.1 Å². The lowest BCUT2D eigenvalue weighted by Gasteiger charge is -2.26. The molecular weight excluding hydrogens is 458 g/mol. The Bertz CT molecular complexity index is 1270. The Morgan fingerprint density at radius 2 is 1.74 bits per heavy atom. The summed E-state index contributed by atoms with van der Waals surface area (Å²) < 4.78 is 36.6. The maximum Gasteiger partial charge on any atom is 0.243 e. The summed E-state index contributed by atoms with van der Waals surface area (Å²) >= 11 is 0. The van der Waals surface area contributed by atoms with Crippen molar-refractivity contribution in [3.8, 4) is 0 Å². The highest BCUT2D eigenvalue weighted by Crippen LogP contribution is 2.32. The third kappa shape index (κ3) is 5.18. The van der Waals surface area contributed by atoms with Gasteiger partial charge < -0.3 is 9.30 Å². The molecule has 2 aliphatic rings. The molecule has 2 fully saturated rings. The van der Waals surface area contributed by atoms with Crippen molar-refractivity contribution in [2.24, 2.45) is 11.8 Å². The van der Waals surface area contributed by atoms with Crippen molar-refractivity contribution in [3.05, 3.63) is 59.9 Å². The third-order valence-corrected chi connectivity index (χ3v) is 9.29. The van der Waals surface area contributed by atoms with E-state index >= 15 is 0 Å². The first-order valence-corrected chi connectivity index (χ1v) is 14.3. The molecule has 2 saturated heterocycles. The number of sulfonamides is 1. The van der Waals surface area contributed by atoms with Crippen LogP contribution < -0.4 is 0 Å². The van der Waals surface area contributed by atoms with Gasteiger partial charge in [-0.3, -0.25) is 0 Å². The zero-order valence-electron chi connectivity index (χ0n) is 21.1. The number of nitrogens with zero attached hydrogens (tertiary/aromatic N) is 3. The van der Waals surface area contributed by atoms with E-state index < -0.39 is 10.0 Å². The highest BCUT2D eigenvalue weighted by molar-refractivity contribution is 7.89. The summed E-state index contributed by atoms with van der Waals surface area (Å²) in [7, 11) is -3.55. The zero-order chi connectivity index (χ0) is 24.6. The monoisotopic (exact) mass is 495 g/mol. The molecule has 5 rings (SSSR count). The SMILES string of the molecule is CC(C)(C)c1nc2cc(S(=O)(=O)N3CCC(Cc4ccccc4)C3)ccc2n1CC1CCOCC1. The molecule has 1 unspecified atom stereocenters. The van der Waals surface area contributed by atoms with E-state index in [2.05, 4.69) is 37.5 Å². The summed E-state index contributed by atoms with van der Waals surface area (Å²) in [6.07, 6.45) is 3.91. The van der Waals surface area contributed by atoms with E-state index in [4.69, 9.17) is 9.72 Å². The van der Waals surface area contributed by atoms with Gasteiger partial charge in [-0.2, -0.15) is 4.31 Å². The Labute approximate surface area is 209 Å². The number of imidazole rings is 1. The van der Waals surface area contributed by atoms with Gasteiger partial charge in [0.2, 0.25) is 10.0 Å². The first-order chi connectivity index (χ1) is 16.7. The van der Waals surface area contributed by atoms with Crippen LogP contribution in [0.4, 0.5) is 0 Å². The number of aromatic nitrogens is 2. The zero-order valence-corrected chi connectivity index (χ0v) is 21.9. The van der Waals surface area contributed by atoms with Crippen molar-refractivity contribution in [2.75, 3.05) is 26.3 Å². The van der Waals surface area contributed by atoms with Crippen molar-refractivity contribution in [2.45, 2.75) is 63.3 Å². The van der Waals surface area contributed by atoms with Gasteiger partial charge in [0, 0.05) is 38.3 Å². The minimum absolute atomic E-state index is 0.136. The van der Waals surface area contributed by atoms with Crippen molar-refractivity contribution >= 4 is 21.1 Å². The van der Waals surface area contributed by atoms with Crippen molar-refractivity contribution in [3.63, 3.8) is 0 Å². The van der Waals surface area contributed by atoms with E-state index in [0.717, 1.165) is 62.3 Å². The van der Waals surface area contributed by atoms with E-state index in [9.17, 15) is 8.42 Å². The summed E-state index contributed by atoms with van der Waals surface area (Å²) in [5.74, 6) is 1.91. The normalized spacial score (nSPS) is 20.6. The quantitative estimate of drug-likeness (QED) is 0.482. The van der Waals surface area contributed by atoms with Crippen LogP contribution in [-0.2, 0) is 33.1 Å². The Balaban J connectivity index is 1.40. The molecule has 3 heterocycles. The van der Waals surface area contributed by atoms with Crippen molar-refractivity contribution in [1.82, 2.24) is 13.9 Å². The molecule has 1 aromatic heterocycles. The molecule has 2 aromatic carbocycles. The summed E-state index contributed by atoms with van der Waals surface area (Å²) in [6, 6.07) is 15.9. The minimum atomic E-state index is -3.55. The highest BCUT2D eigenvalue weighted by atomic mass is 32.2. The number of hydrogen-bond donors (Lipinski definition) is 0. The second-order valence-electron chi connectivity index (χ2n) is 11.2. The van der Waals surface area contributed by atoms with Crippen LogP contribution >= 0.6 is 0 Å². The number of hydrogen-bond acceptors (Lipinski definition) is 4. The maximum atomic E-state index is 13.6. The number of benzene rings is 2. The molecule has 188 valence electrons. The minimum Gasteiger partial charge on any atom is -0.381 e. The van der Waals surface area contributed by atoms with Crippen molar-refractivity contribution < 1.29 is 13.2 Å². The molecule has 2 aliphatic heterocycles. The fraction of sp³-hybridized carbons (Fsp3) is 0.536. The molecular formula is C28H37N3O3S. The molecule has 0 radical (unpaired) electrons. The van der Waals surface area contributed by atoms with Crippen LogP contribution in [0.25, 0.3) is 11.0 Å². The van der Waals surface area contributed by atoms with Crippen LogP contribution in [0.15, 0.2) is 53.4 Å². The van der Waals surface area contributed by atoms with Crippen LogP contribution in [0.1, 0.15) is 51.4 Å². The average Bonchev–Trinajstić information content (AvgIpc) is 3.45. The van der Waals surface area contributed by atoms with Gasteiger partial charge in [-0.15, -0.1) is 0 Å². The molecule has 0 N–H and O–H groups in total. The first kappa shape index (κ1) is 24.5. The van der Waals surface area contributed by atoms with Gasteiger partial charge in [0.15, 0.2) is 0 Å². The second kappa shape index (κ2) is 9.68. The number of rotatable bonds is 6. The molecule has 0 bridgehead atoms. The molecule has 0 aliphatic carbocycles. The lowest BCUT2D eigenvalue weighted by Crippen LogP contribution is -2.29. The van der Waals surface area contributed by atoms with Crippen molar-refractivity contribution in [1.29, 1.82) is 0 Å². The fourth-order valence-corrected chi connectivity index (χ4v) is 7.04. The Morgan fingerprint density at radius 3 is 2.46 bits per heavy atom. The van der Waals surface area contributed by atoms with E-state index in [1.165, 1.54) is 5.56 Å². The standard InChI is InChI=1S/C28H37N3O3S/c1-28(2,3)27-29-25-18-24(9-10-26(25)31(27)20-22-12-15-34-16-13-22)35(32,33)30-14-11-23(19-30)17-21-7-5-4-6-8-21/h4-10,18,22-23H,11-17,19-20H2,1-3H3. The van der Waals surface area contributed by atoms with Gasteiger partial charge in [0.25, 0.3) is 0 Å². The summed E-state index contributed by atoms with van der Waals surface area (Å²) in [4.78, 5) is 5.32. The van der Waals surface area contributed by atoms with E-state index in [1.807, 2.05) is 24.3 Å². The average molecular weight is 496 g/mol. The van der Waals surface area contributed by atoms with E-state index in [0.29, 0.717) is 29.8 Å². The molecule has 35 heavy (non-hydrogen) atoms. The van der Waals surface area contributed by atoms with E-state index in [1.54, 1.807) is 16.4 Å². The third-order valence-electron chi connectivity index (χ3n) is 7.43. The van der Waals surface area contributed by atoms with Gasteiger partial charge in [-0.25, -0.2) is 13.4 Å². The number of fused-ring (bicyclic) bond motifs is 1. The molecule has 3 aromatic rings. The molecule has 1 atom stereocenters. The molecule has 7 heteroatoms. The maximum absolute atomic E-state index is 13.6. The molecule has 0 amide bonds. The van der Waals surface area contributed by atoms with Gasteiger partial charge in [-0.05, 0) is 61.3 Å². The largest absolute Gasteiger partial charge is 0.381 e. The lowest BCUT2D eigenvalue weighted by molar-refractivity contribution is 0.0611. The Hall–Kier alpha value is -2.22. The van der Waals surface area contributed by atoms with Gasteiger partial charge >= 0.3 is 0 Å². The summed E-state index contributed by atoms with van der Waals surface area (Å²) in [5.41, 5.74) is 2.91. The first-order valence-electron chi connectivity index (χ1n) is 12.8.